The third-order valence-corrected chi connectivity index (χ3v) is 7.52. The Kier molecular flexibility index (Phi) is 7.03. The van der Waals surface area contributed by atoms with Crippen LogP contribution in [0.15, 0.2) is 24.3 Å². The predicted octanol–water partition coefficient (Wildman–Crippen LogP) is 4.10. The third-order valence-electron chi connectivity index (χ3n) is 6.28. The van der Waals surface area contributed by atoms with Crippen LogP contribution in [0.25, 0.3) is 0 Å². The molecule has 0 spiro atoms. The van der Waals surface area contributed by atoms with E-state index >= 15 is 4.39 Å². The summed E-state index contributed by atoms with van der Waals surface area (Å²) in [5.74, 6) is 0.109. The van der Waals surface area contributed by atoms with E-state index in [4.69, 9.17) is 9.84 Å². The summed E-state index contributed by atoms with van der Waals surface area (Å²) in [6, 6.07) is 6.71. The van der Waals surface area contributed by atoms with Crippen molar-refractivity contribution in [1.82, 2.24) is 14.7 Å². The van der Waals surface area contributed by atoms with E-state index in [9.17, 15) is 9.59 Å². The van der Waals surface area contributed by atoms with Crippen LogP contribution < -0.4 is 4.90 Å². The number of anilines is 1. The number of ether oxygens (including phenoxy) is 1. The van der Waals surface area contributed by atoms with Crippen LogP contribution in [0.5, 0.6) is 0 Å². The molecule has 35 heavy (non-hydrogen) atoms. The molecular weight excluding hydrogens is 467 g/mol. The molecule has 0 N–H and O–H groups in total. The third kappa shape index (κ3) is 5.11. The van der Waals surface area contributed by atoms with E-state index in [1.54, 1.807) is 21.9 Å². The number of nitrogens with zero attached hydrogens (tertiary/aromatic N) is 4. The van der Waals surface area contributed by atoms with Gasteiger partial charge in [-0.25, -0.2) is 9.07 Å². The molecule has 2 aliphatic heterocycles. The van der Waals surface area contributed by atoms with Gasteiger partial charge >= 0.3 is 0 Å². The van der Waals surface area contributed by atoms with E-state index in [1.807, 2.05) is 31.5 Å². The van der Waals surface area contributed by atoms with E-state index < -0.39 is 10.8 Å². The summed E-state index contributed by atoms with van der Waals surface area (Å²) in [5, 5.41) is 4.60. The highest BCUT2D eigenvalue weighted by atomic mass is 32.2. The SMILES string of the molecule is CC(C)(C)c1nn(C(C)(C)C)c2c1[C@H](c1ccccc1F)SCC(=O)N2CC(=O)N1CCOCC1. The number of thioether (sulfide) groups is 1. The molecule has 7 nitrogen and oxygen atoms in total. The summed E-state index contributed by atoms with van der Waals surface area (Å²) in [6.07, 6.45) is 0. The van der Waals surface area contributed by atoms with Crippen LogP contribution in [0.4, 0.5) is 10.2 Å². The van der Waals surface area contributed by atoms with Crippen LogP contribution in [0.3, 0.4) is 0 Å². The van der Waals surface area contributed by atoms with Gasteiger partial charge in [0.2, 0.25) is 11.8 Å². The number of amides is 2. The van der Waals surface area contributed by atoms with Gasteiger partial charge in [0.15, 0.2) is 0 Å². The number of hydrogen-bond acceptors (Lipinski definition) is 5. The van der Waals surface area contributed by atoms with Crippen LogP contribution >= 0.6 is 11.8 Å². The van der Waals surface area contributed by atoms with Crippen LogP contribution in [0, 0.1) is 5.82 Å². The number of aromatic nitrogens is 2. The average Bonchev–Trinajstić information content (AvgIpc) is 3.15. The van der Waals surface area contributed by atoms with Gasteiger partial charge < -0.3 is 9.64 Å². The Morgan fingerprint density at radius 2 is 1.80 bits per heavy atom. The molecule has 1 atom stereocenters. The van der Waals surface area contributed by atoms with Crippen molar-refractivity contribution >= 4 is 29.4 Å². The summed E-state index contributed by atoms with van der Waals surface area (Å²) in [7, 11) is 0. The van der Waals surface area contributed by atoms with Crippen LogP contribution in [-0.4, -0.2) is 65.1 Å². The zero-order valence-corrected chi connectivity index (χ0v) is 22.2. The number of benzene rings is 1. The first kappa shape index (κ1) is 25.7. The topological polar surface area (TPSA) is 67.7 Å². The maximum absolute atomic E-state index is 15.1. The largest absolute Gasteiger partial charge is 0.378 e. The Hall–Kier alpha value is -2.39. The molecule has 0 bridgehead atoms. The molecule has 1 saturated heterocycles. The molecule has 0 unspecified atom stereocenters. The van der Waals surface area contributed by atoms with Crippen LogP contribution in [-0.2, 0) is 25.3 Å². The highest BCUT2D eigenvalue weighted by Gasteiger charge is 2.42. The number of fused-ring (bicyclic) bond motifs is 1. The van der Waals surface area contributed by atoms with Crippen LogP contribution in [0.1, 0.15) is 63.6 Å². The lowest BCUT2D eigenvalue weighted by molar-refractivity contribution is -0.134. The average molecular weight is 503 g/mol. The van der Waals surface area contributed by atoms with Crippen molar-refractivity contribution in [1.29, 1.82) is 0 Å². The van der Waals surface area contributed by atoms with Crippen molar-refractivity contribution < 1.29 is 18.7 Å². The molecule has 1 aromatic carbocycles. The maximum Gasteiger partial charge on any atom is 0.242 e. The van der Waals surface area contributed by atoms with E-state index in [-0.39, 0.29) is 35.3 Å². The predicted molar refractivity (Wildman–Crippen MR) is 136 cm³/mol. The fourth-order valence-electron chi connectivity index (χ4n) is 4.52. The maximum atomic E-state index is 15.1. The van der Waals surface area contributed by atoms with E-state index in [1.165, 1.54) is 17.8 Å². The highest BCUT2D eigenvalue weighted by molar-refractivity contribution is 8.00. The first-order valence-electron chi connectivity index (χ1n) is 12.1. The molecule has 0 radical (unpaired) electrons. The fourth-order valence-corrected chi connectivity index (χ4v) is 5.74. The van der Waals surface area contributed by atoms with Crippen molar-refractivity contribution in [3.63, 3.8) is 0 Å². The standard InChI is InChI=1S/C26H35FN4O3S/c1-25(2,3)23-21-22(17-9-7-8-10-18(17)27)35-16-20(33)30(24(21)31(28-23)26(4,5)6)15-19(32)29-11-13-34-14-12-29/h7-10,22H,11-16H2,1-6H3/t22-/m0/s1. The van der Waals surface area contributed by atoms with Crippen molar-refractivity contribution in [3.05, 3.63) is 46.9 Å². The molecule has 2 aliphatic rings. The Balaban J connectivity index is 1.93. The molecule has 2 aromatic rings. The molecule has 3 heterocycles. The van der Waals surface area contributed by atoms with Gasteiger partial charge in [-0.05, 0) is 26.8 Å². The van der Waals surface area contributed by atoms with Gasteiger partial charge in [-0.15, -0.1) is 11.8 Å². The van der Waals surface area contributed by atoms with Gasteiger partial charge in [-0.2, -0.15) is 5.10 Å². The lowest BCUT2D eigenvalue weighted by atomic mass is 9.87. The zero-order valence-electron chi connectivity index (χ0n) is 21.4. The smallest absolute Gasteiger partial charge is 0.242 e. The molecular formula is C26H35FN4O3S. The quantitative estimate of drug-likeness (QED) is 0.632. The molecule has 0 aliphatic carbocycles. The zero-order chi connectivity index (χ0) is 25.5. The van der Waals surface area contributed by atoms with Gasteiger partial charge in [-0.3, -0.25) is 14.5 Å². The van der Waals surface area contributed by atoms with Gasteiger partial charge in [0, 0.05) is 29.6 Å². The number of hydrogen-bond donors (Lipinski definition) is 0. The molecule has 4 rings (SSSR count). The van der Waals surface area contributed by atoms with Crippen molar-refractivity contribution in [2.24, 2.45) is 0 Å². The second kappa shape index (κ2) is 9.58. The van der Waals surface area contributed by atoms with Gasteiger partial charge in [-0.1, -0.05) is 39.0 Å². The van der Waals surface area contributed by atoms with E-state index in [0.717, 1.165) is 11.3 Å². The Labute approximate surface area is 211 Å². The van der Waals surface area contributed by atoms with Crippen molar-refractivity contribution in [3.8, 4) is 0 Å². The first-order chi connectivity index (χ1) is 16.4. The minimum Gasteiger partial charge on any atom is -0.378 e. The Bertz CT molecular complexity index is 1110. The molecule has 9 heteroatoms. The second-order valence-electron chi connectivity index (χ2n) is 11.1. The monoisotopic (exact) mass is 502 g/mol. The van der Waals surface area contributed by atoms with Gasteiger partial charge in [0.05, 0.1) is 35.4 Å². The lowest BCUT2D eigenvalue weighted by Crippen LogP contribution is -2.48. The molecule has 190 valence electrons. The molecule has 1 fully saturated rings. The summed E-state index contributed by atoms with van der Waals surface area (Å²) < 4.78 is 22.3. The number of halogens is 1. The van der Waals surface area contributed by atoms with Crippen molar-refractivity contribution in [2.75, 3.05) is 43.5 Å². The second-order valence-corrected chi connectivity index (χ2v) is 12.2. The Morgan fingerprint density at radius 1 is 1.14 bits per heavy atom. The number of carbonyl (C=O) groups excluding carboxylic acids is 2. The van der Waals surface area contributed by atoms with E-state index in [0.29, 0.717) is 37.7 Å². The van der Waals surface area contributed by atoms with E-state index in [2.05, 4.69) is 20.8 Å². The normalized spacial score (nSPS) is 19.5. The fraction of sp³-hybridized carbons (Fsp3) is 0.577. The summed E-state index contributed by atoms with van der Waals surface area (Å²) in [4.78, 5) is 30.2. The molecule has 1 aromatic heterocycles. The highest BCUT2D eigenvalue weighted by Crippen LogP contribution is 2.49. The summed E-state index contributed by atoms with van der Waals surface area (Å²) in [5.41, 5.74) is 1.30. The number of carbonyl (C=O) groups is 2. The minimum atomic E-state index is -0.469. The summed E-state index contributed by atoms with van der Waals surface area (Å²) in [6.45, 7) is 14.2. The van der Waals surface area contributed by atoms with Gasteiger partial charge in [0.1, 0.15) is 18.2 Å². The number of rotatable bonds is 3. The summed E-state index contributed by atoms with van der Waals surface area (Å²) >= 11 is 1.39. The lowest BCUT2D eigenvalue weighted by Gasteiger charge is -2.32. The molecule has 2 amide bonds. The van der Waals surface area contributed by atoms with Crippen LogP contribution in [0.2, 0.25) is 0 Å². The first-order valence-corrected chi connectivity index (χ1v) is 13.1. The molecule has 0 saturated carbocycles. The van der Waals surface area contributed by atoms with Gasteiger partial charge in [0.25, 0.3) is 0 Å². The van der Waals surface area contributed by atoms with Crippen molar-refractivity contribution in [2.45, 2.75) is 57.7 Å². The number of morpholine rings is 1. The minimum absolute atomic E-state index is 0.0816. The Morgan fingerprint density at radius 3 is 2.40 bits per heavy atom.